The van der Waals surface area contributed by atoms with E-state index in [1.165, 1.54) is 0 Å². The normalized spacial score (nSPS) is 17.6. The number of carbonyl (C=O) groups is 1. The van der Waals surface area contributed by atoms with Crippen molar-refractivity contribution in [1.82, 2.24) is 4.90 Å². The number of hydrogen-bond acceptors (Lipinski definition) is 4. The summed E-state index contributed by atoms with van der Waals surface area (Å²) < 4.78 is 5.25. The second kappa shape index (κ2) is 6.52. The van der Waals surface area contributed by atoms with E-state index in [4.69, 9.17) is 4.74 Å². The van der Waals surface area contributed by atoms with Crippen LogP contribution in [0.3, 0.4) is 0 Å². The fraction of sp³-hybridized carbons (Fsp3) is 0.500. The zero-order chi connectivity index (χ0) is 12.8. The molecule has 1 aromatic carbocycles. The molecule has 1 aliphatic heterocycles. The Morgan fingerprint density at radius 1 is 1.28 bits per heavy atom. The molecular weight excluding hydrogens is 230 g/mol. The average molecular weight is 249 g/mol. The molecule has 1 aromatic rings. The molecule has 4 nitrogen and oxygen atoms in total. The van der Waals surface area contributed by atoms with Crippen molar-refractivity contribution in [3.8, 4) is 0 Å². The van der Waals surface area contributed by atoms with Crippen LogP contribution in [0.4, 0.5) is 0 Å². The molecule has 0 bridgehead atoms. The number of aliphatic hydroxyl groups is 1. The molecule has 4 heteroatoms. The van der Waals surface area contributed by atoms with Crippen molar-refractivity contribution in [2.24, 2.45) is 0 Å². The van der Waals surface area contributed by atoms with Crippen LogP contribution in [0.25, 0.3) is 0 Å². The summed E-state index contributed by atoms with van der Waals surface area (Å²) in [6.45, 7) is 1.83. The Balaban J connectivity index is 1.86. The van der Waals surface area contributed by atoms with Crippen molar-refractivity contribution < 1.29 is 14.6 Å². The number of benzene rings is 1. The summed E-state index contributed by atoms with van der Waals surface area (Å²) in [6.07, 6.45) is 2.17. The number of rotatable bonds is 5. The van der Waals surface area contributed by atoms with Crippen LogP contribution in [0.1, 0.15) is 18.4 Å². The maximum absolute atomic E-state index is 11.9. The molecule has 1 saturated heterocycles. The van der Waals surface area contributed by atoms with E-state index in [-0.39, 0.29) is 19.2 Å². The van der Waals surface area contributed by atoms with Crippen molar-refractivity contribution in [3.63, 3.8) is 0 Å². The highest BCUT2D eigenvalue weighted by Gasteiger charge is 2.28. The van der Waals surface area contributed by atoms with E-state index in [1.54, 1.807) is 0 Å². The Labute approximate surface area is 107 Å². The number of nitrogens with zero attached hydrogens (tertiary/aromatic N) is 1. The average Bonchev–Trinajstić information content (AvgIpc) is 2.92. The topological polar surface area (TPSA) is 49.8 Å². The van der Waals surface area contributed by atoms with Crippen LogP contribution in [-0.2, 0) is 16.1 Å². The molecule has 18 heavy (non-hydrogen) atoms. The molecule has 0 aromatic heterocycles. The quantitative estimate of drug-likeness (QED) is 0.796. The van der Waals surface area contributed by atoms with Crippen LogP contribution >= 0.6 is 0 Å². The van der Waals surface area contributed by atoms with E-state index < -0.39 is 6.04 Å². The minimum atomic E-state index is -0.504. The second-order valence-corrected chi connectivity index (χ2v) is 4.53. The molecule has 0 aliphatic carbocycles. The lowest BCUT2D eigenvalue weighted by molar-refractivity contribution is -0.152. The highest BCUT2D eigenvalue weighted by molar-refractivity contribution is 5.76. The Morgan fingerprint density at radius 3 is 2.56 bits per heavy atom. The van der Waals surface area contributed by atoms with E-state index in [0.29, 0.717) is 0 Å². The molecule has 2 rings (SSSR count). The maximum atomic E-state index is 11.9. The molecule has 1 atom stereocenters. The maximum Gasteiger partial charge on any atom is 0.326 e. The lowest BCUT2D eigenvalue weighted by atomic mass is 10.2. The summed E-state index contributed by atoms with van der Waals surface area (Å²) >= 11 is 0. The molecule has 1 N–H and O–H groups in total. The van der Waals surface area contributed by atoms with Gasteiger partial charge in [-0.05, 0) is 31.5 Å². The number of ether oxygens (including phenoxy) is 1. The van der Waals surface area contributed by atoms with Gasteiger partial charge in [-0.3, -0.25) is 9.69 Å². The summed E-state index contributed by atoms with van der Waals surface area (Å²) in [7, 11) is 0. The standard InChI is InChI=1S/C14H19NO3/c16-10-13(15-8-4-5-9-15)14(17)18-11-12-6-2-1-3-7-12/h1-3,6-7,13,16H,4-5,8-11H2/t13-/m0/s1. The highest BCUT2D eigenvalue weighted by Crippen LogP contribution is 2.13. The van der Waals surface area contributed by atoms with E-state index in [1.807, 2.05) is 35.2 Å². The van der Waals surface area contributed by atoms with Gasteiger partial charge in [0, 0.05) is 0 Å². The van der Waals surface area contributed by atoms with E-state index in [2.05, 4.69) is 0 Å². The predicted octanol–water partition coefficient (Wildman–Crippen LogP) is 1.19. The first-order valence-electron chi connectivity index (χ1n) is 6.36. The largest absolute Gasteiger partial charge is 0.460 e. The van der Waals surface area contributed by atoms with Crippen LogP contribution in [-0.4, -0.2) is 41.7 Å². The summed E-state index contributed by atoms with van der Waals surface area (Å²) in [4.78, 5) is 13.9. The first kappa shape index (κ1) is 13.1. The van der Waals surface area contributed by atoms with E-state index >= 15 is 0 Å². The minimum Gasteiger partial charge on any atom is -0.460 e. The van der Waals surface area contributed by atoms with Gasteiger partial charge >= 0.3 is 5.97 Å². The van der Waals surface area contributed by atoms with Gasteiger partial charge in [0.2, 0.25) is 0 Å². The van der Waals surface area contributed by atoms with Crippen LogP contribution in [0.2, 0.25) is 0 Å². The van der Waals surface area contributed by atoms with Crippen LogP contribution in [0.5, 0.6) is 0 Å². The van der Waals surface area contributed by atoms with E-state index in [0.717, 1.165) is 31.5 Å². The van der Waals surface area contributed by atoms with E-state index in [9.17, 15) is 9.90 Å². The number of likely N-dealkylation sites (tertiary alicyclic amines) is 1. The Kier molecular flexibility index (Phi) is 4.73. The van der Waals surface area contributed by atoms with Crippen molar-refractivity contribution >= 4 is 5.97 Å². The fourth-order valence-electron chi connectivity index (χ4n) is 2.22. The number of carbonyl (C=O) groups excluding carboxylic acids is 1. The summed E-state index contributed by atoms with van der Waals surface area (Å²) in [6, 6.07) is 9.07. The molecule has 1 heterocycles. The van der Waals surface area contributed by atoms with Gasteiger partial charge < -0.3 is 9.84 Å². The Morgan fingerprint density at radius 2 is 1.94 bits per heavy atom. The van der Waals surface area contributed by atoms with Gasteiger partial charge in [-0.1, -0.05) is 30.3 Å². The van der Waals surface area contributed by atoms with Gasteiger partial charge in [0.1, 0.15) is 12.6 Å². The van der Waals surface area contributed by atoms with Gasteiger partial charge in [0.25, 0.3) is 0 Å². The molecule has 1 aliphatic rings. The van der Waals surface area contributed by atoms with Crippen molar-refractivity contribution in [3.05, 3.63) is 35.9 Å². The van der Waals surface area contributed by atoms with Gasteiger partial charge in [0.15, 0.2) is 0 Å². The molecule has 1 fully saturated rings. The second-order valence-electron chi connectivity index (χ2n) is 4.53. The zero-order valence-electron chi connectivity index (χ0n) is 10.4. The van der Waals surface area contributed by atoms with Gasteiger partial charge in [-0.25, -0.2) is 0 Å². The molecule has 0 saturated carbocycles. The van der Waals surface area contributed by atoms with Crippen molar-refractivity contribution in [2.75, 3.05) is 19.7 Å². The fourth-order valence-corrected chi connectivity index (χ4v) is 2.22. The third-order valence-corrected chi connectivity index (χ3v) is 3.25. The smallest absolute Gasteiger partial charge is 0.326 e. The molecule has 0 spiro atoms. The Bertz CT molecular complexity index is 374. The molecule has 0 unspecified atom stereocenters. The first-order chi connectivity index (χ1) is 8.81. The lowest BCUT2D eigenvalue weighted by Crippen LogP contribution is -2.43. The number of hydrogen-bond donors (Lipinski definition) is 1. The number of esters is 1. The van der Waals surface area contributed by atoms with Gasteiger partial charge in [-0.2, -0.15) is 0 Å². The van der Waals surface area contributed by atoms with Crippen LogP contribution in [0, 0.1) is 0 Å². The first-order valence-corrected chi connectivity index (χ1v) is 6.36. The molecule has 98 valence electrons. The molecule has 0 amide bonds. The van der Waals surface area contributed by atoms with Gasteiger partial charge in [-0.15, -0.1) is 0 Å². The number of aliphatic hydroxyl groups excluding tert-OH is 1. The summed E-state index contributed by atoms with van der Waals surface area (Å²) in [5.41, 5.74) is 0.962. The predicted molar refractivity (Wildman–Crippen MR) is 67.9 cm³/mol. The third kappa shape index (κ3) is 3.31. The van der Waals surface area contributed by atoms with Crippen LogP contribution < -0.4 is 0 Å². The Hall–Kier alpha value is -1.39. The highest BCUT2D eigenvalue weighted by atomic mass is 16.5. The molecular formula is C14H19NO3. The van der Waals surface area contributed by atoms with Gasteiger partial charge in [0.05, 0.1) is 6.61 Å². The lowest BCUT2D eigenvalue weighted by Gasteiger charge is -2.23. The SMILES string of the molecule is O=C(OCc1ccccc1)[C@H](CO)N1CCCC1. The zero-order valence-corrected chi connectivity index (χ0v) is 10.4. The van der Waals surface area contributed by atoms with Crippen molar-refractivity contribution in [1.29, 1.82) is 0 Å². The summed E-state index contributed by atoms with van der Waals surface area (Å²) in [5.74, 6) is -0.330. The third-order valence-electron chi connectivity index (χ3n) is 3.25. The summed E-state index contributed by atoms with van der Waals surface area (Å²) in [5, 5.41) is 9.31. The monoisotopic (exact) mass is 249 g/mol. The van der Waals surface area contributed by atoms with Crippen molar-refractivity contribution in [2.45, 2.75) is 25.5 Å². The van der Waals surface area contributed by atoms with Crippen LogP contribution in [0.15, 0.2) is 30.3 Å². The molecule has 0 radical (unpaired) electrons. The minimum absolute atomic E-state index is 0.173.